The normalized spacial score (nSPS) is 18.6. The molecule has 1 aromatic rings. The standard InChI is InChI=1S/C17H20ClF3N2O3/c1-2-14-10-23(6-5-22-14)9-12-7-13(18)4-3-11(12)8-15(24)26-16(25)17(19,20)21/h3-4,7,14,22H,2,5-6,8-10H2,1H3/t14-/m0/s1. The Labute approximate surface area is 154 Å². The number of nitrogens with zero attached hydrogens (tertiary/aromatic N) is 1. The van der Waals surface area contributed by atoms with Gasteiger partial charge in [-0.1, -0.05) is 24.6 Å². The van der Waals surface area contributed by atoms with E-state index in [2.05, 4.69) is 21.9 Å². The Bertz CT molecular complexity index is 667. The van der Waals surface area contributed by atoms with Crippen LogP contribution in [0.5, 0.6) is 0 Å². The van der Waals surface area contributed by atoms with Gasteiger partial charge in [-0.2, -0.15) is 13.2 Å². The maximum absolute atomic E-state index is 12.2. The van der Waals surface area contributed by atoms with Gasteiger partial charge in [0, 0.05) is 37.2 Å². The van der Waals surface area contributed by atoms with E-state index in [0.29, 0.717) is 23.2 Å². The first-order valence-corrected chi connectivity index (χ1v) is 8.61. The summed E-state index contributed by atoms with van der Waals surface area (Å²) in [6.07, 6.45) is -4.66. The third-order valence-electron chi connectivity index (χ3n) is 4.17. The van der Waals surface area contributed by atoms with E-state index in [1.54, 1.807) is 18.2 Å². The van der Waals surface area contributed by atoms with Crippen molar-refractivity contribution in [1.82, 2.24) is 10.2 Å². The molecule has 0 bridgehead atoms. The van der Waals surface area contributed by atoms with E-state index in [-0.39, 0.29) is 0 Å². The topological polar surface area (TPSA) is 58.6 Å². The highest BCUT2D eigenvalue weighted by molar-refractivity contribution is 6.30. The Balaban J connectivity index is 2.07. The molecule has 0 saturated carbocycles. The number of piperazine rings is 1. The average Bonchev–Trinajstić information content (AvgIpc) is 2.56. The summed E-state index contributed by atoms with van der Waals surface area (Å²) in [6.45, 7) is 5.05. The molecule has 26 heavy (non-hydrogen) atoms. The molecule has 0 spiro atoms. The fourth-order valence-electron chi connectivity index (χ4n) is 2.82. The van der Waals surface area contributed by atoms with E-state index >= 15 is 0 Å². The molecule has 1 heterocycles. The Hall–Kier alpha value is -1.64. The van der Waals surface area contributed by atoms with Crippen LogP contribution in [-0.2, 0) is 27.3 Å². The third-order valence-corrected chi connectivity index (χ3v) is 4.40. The monoisotopic (exact) mass is 392 g/mol. The van der Waals surface area contributed by atoms with Crippen molar-refractivity contribution in [1.29, 1.82) is 0 Å². The Kier molecular flexibility index (Phi) is 7.02. The number of carbonyl (C=O) groups is 2. The average molecular weight is 393 g/mol. The number of hydrogen-bond donors (Lipinski definition) is 1. The second-order valence-electron chi connectivity index (χ2n) is 6.14. The number of hydrogen-bond acceptors (Lipinski definition) is 5. The minimum Gasteiger partial charge on any atom is -0.386 e. The summed E-state index contributed by atoms with van der Waals surface area (Å²) in [5.41, 5.74) is 1.21. The van der Waals surface area contributed by atoms with Gasteiger partial charge in [0.1, 0.15) is 0 Å². The second-order valence-corrected chi connectivity index (χ2v) is 6.58. The molecule has 0 aliphatic carbocycles. The van der Waals surface area contributed by atoms with Crippen LogP contribution in [0.1, 0.15) is 24.5 Å². The van der Waals surface area contributed by atoms with Gasteiger partial charge in [-0.25, -0.2) is 4.79 Å². The number of esters is 2. The van der Waals surface area contributed by atoms with E-state index in [1.165, 1.54) is 0 Å². The molecule has 2 rings (SSSR count). The molecule has 1 aliphatic heterocycles. The number of halogens is 4. The predicted octanol–water partition coefficient (Wildman–Crippen LogP) is 2.70. The van der Waals surface area contributed by atoms with Crippen molar-refractivity contribution in [2.45, 2.75) is 38.5 Å². The molecule has 0 aromatic heterocycles. The molecular weight excluding hydrogens is 373 g/mol. The van der Waals surface area contributed by atoms with Crippen molar-refractivity contribution in [2.75, 3.05) is 19.6 Å². The van der Waals surface area contributed by atoms with Crippen LogP contribution < -0.4 is 5.32 Å². The van der Waals surface area contributed by atoms with Crippen LogP contribution in [0, 0.1) is 0 Å². The van der Waals surface area contributed by atoms with Gasteiger partial charge in [0.05, 0.1) is 6.42 Å². The maximum Gasteiger partial charge on any atom is 0.491 e. The van der Waals surface area contributed by atoms with Crippen LogP contribution in [0.2, 0.25) is 5.02 Å². The fourth-order valence-corrected chi connectivity index (χ4v) is 3.01. The smallest absolute Gasteiger partial charge is 0.386 e. The summed E-state index contributed by atoms with van der Waals surface area (Å²) in [6, 6.07) is 5.15. The molecular formula is C17H20ClF3N2O3. The molecule has 9 heteroatoms. The molecule has 1 fully saturated rings. The summed E-state index contributed by atoms with van der Waals surface area (Å²) in [4.78, 5) is 24.7. The van der Waals surface area contributed by atoms with Crippen molar-refractivity contribution in [2.24, 2.45) is 0 Å². The van der Waals surface area contributed by atoms with E-state index in [0.717, 1.165) is 31.6 Å². The minimum atomic E-state index is -5.20. The first kappa shape index (κ1) is 20.7. The lowest BCUT2D eigenvalue weighted by Gasteiger charge is -2.33. The molecule has 1 atom stereocenters. The predicted molar refractivity (Wildman–Crippen MR) is 89.7 cm³/mol. The molecule has 1 aliphatic rings. The van der Waals surface area contributed by atoms with Crippen molar-refractivity contribution < 1.29 is 27.5 Å². The third kappa shape index (κ3) is 5.96. The number of carbonyl (C=O) groups excluding carboxylic acids is 2. The van der Waals surface area contributed by atoms with E-state index in [1.807, 2.05) is 0 Å². The largest absolute Gasteiger partial charge is 0.491 e. The lowest BCUT2D eigenvalue weighted by atomic mass is 10.0. The van der Waals surface area contributed by atoms with Gasteiger partial charge in [0.15, 0.2) is 0 Å². The minimum absolute atomic E-state index is 0.362. The molecule has 0 amide bonds. The number of alkyl halides is 3. The zero-order valence-corrected chi connectivity index (χ0v) is 15.0. The quantitative estimate of drug-likeness (QED) is 0.616. The van der Waals surface area contributed by atoms with E-state index in [4.69, 9.17) is 11.6 Å². The summed E-state index contributed by atoms with van der Waals surface area (Å²) in [5, 5.41) is 3.86. The highest BCUT2D eigenvalue weighted by Gasteiger charge is 2.42. The summed E-state index contributed by atoms with van der Waals surface area (Å²) in [7, 11) is 0. The van der Waals surface area contributed by atoms with Crippen molar-refractivity contribution in [3.05, 3.63) is 34.3 Å². The molecule has 0 unspecified atom stereocenters. The second kappa shape index (κ2) is 8.83. The van der Waals surface area contributed by atoms with Gasteiger partial charge in [-0.15, -0.1) is 0 Å². The summed E-state index contributed by atoms with van der Waals surface area (Å²) >= 11 is 6.02. The van der Waals surface area contributed by atoms with Gasteiger partial charge in [-0.3, -0.25) is 9.69 Å². The number of benzene rings is 1. The Morgan fingerprint density at radius 2 is 2.08 bits per heavy atom. The molecule has 144 valence electrons. The number of ether oxygens (including phenoxy) is 1. The van der Waals surface area contributed by atoms with Crippen molar-refractivity contribution >= 4 is 23.5 Å². The van der Waals surface area contributed by atoms with Crippen LogP contribution in [0.4, 0.5) is 13.2 Å². The molecule has 0 radical (unpaired) electrons. The molecule has 1 saturated heterocycles. The molecule has 1 aromatic carbocycles. The lowest BCUT2D eigenvalue weighted by Crippen LogP contribution is -2.49. The lowest BCUT2D eigenvalue weighted by molar-refractivity contribution is -0.201. The first-order valence-electron chi connectivity index (χ1n) is 8.24. The van der Waals surface area contributed by atoms with Crippen LogP contribution in [-0.4, -0.2) is 48.7 Å². The van der Waals surface area contributed by atoms with E-state index in [9.17, 15) is 22.8 Å². The SMILES string of the molecule is CC[C@H]1CN(Cc2cc(Cl)ccc2CC(=O)OC(=O)C(F)(F)F)CCN1. The zero-order chi connectivity index (χ0) is 19.3. The van der Waals surface area contributed by atoms with Crippen LogP contribution in [0.15, 0.2) is 18.2 Å². The highest BCUT2D eigenvalue weighted by atomic mass is 35.5. The molecule has 1 N–H and O–H groups in total. The highest BCUT2D eigenvalue weighted by Crippen LogP contribution is 2.21. The zero-order valence-electron chi connectivity index (χ0n) is 14.2. The maximum atomic E-state index is 12.2. The number of rotatable bonds is 5. The van der Waals surface area contributed by atoms with Crippen molar-refractivity contribution in [3.8, 4) is 0 Å². The van der Waals surface area contributed by atoms with Gasteiger partial charge in [0.25, 0.3) is 0 Å². The fraction of sp³-hybridized carbons (Fsp3) is 0.529. The van der Waals surface area contributed by atoms with Crippen molar-refractivity contribution in [3.63, 3.8) is 0 Å². The van der Waals surface area contributed by atoms with Crippen LogP contribution in [0.25, 0.3) is 0 Å². The summed E-state index contributed by atoms with van der Waals surface area (Å²) < 4.78 is 40.5. The van der Waals surface area contributed by atoms with Gasteiger partial charge in [0.2, 0.25) is 0 Å². The van der Waals surface area contributed by atoms with Gasteiger partial charge >= 0.3 is 18.1 Å². The van der Waals surface area contributed by atoms with E-state index < -0.39 is 24.5 Å². The Morgan fingerprint density at radius 1 is 1.35 bits per heavy atom. The van der Waals surface area contributed by atoms with Crippen LogP contribution >= 0.6 is 11.6 Å². The Morgan fingerprint density at radius 3 is 2.73 bits per heavy atom. The summed E-state index contributed by atoms with van der Waals surface area (Å²) in [5.74, 6) is -3.76. The first-order chi connectivity index (χ1) is 12.2. The van der Waals surface area contributed by atoms with Crippen LogP contribution in [0.3, 0.4) is 0 Å². The number of nitrogens with one attached hydrogen (secondary N) is 1. The molecule has 5 nitrogen and oxygen atoms in total. The van der Waals surface area contributed by atoms with Gasteiger partial charge < -0.3 is 10.1 Å². The van der Waals surface area contributed by atoms with Gasteiger partial charge in [-0.05, 0) is 29.7 Å².